The maximum absolute atomic E-state index is 6.25. The van der Waals surface area contributed by atoms with Gasteiger partial charge in [0.1, 0.15) is 11.2 Å². The number of hydrogen-bond donors (Lipinski definition) is 0. The molecule has 0 saturated heterocycles. The van der Waals surface area contributed by atoms with E-state index in [0.29, 0.717) is 0 Å². The normalized spacial score (nSPS) is 13.0. The zero-order chi connectivity index (χ0) is 37.9. The standard InChI is InChI=1S/C54H35N3O/c1-2-13-35(14-3-1)55-50-28-26-36(56-47-21-8-4-15-39(47)40-16-5-9-22-48(40)56)32-44(50)45-33-37(27-29-51(45)55)57-49-23-10-6-17-41(49)43-20-12-19-38(54(43)57)34-25-30-53-46(31-34)42-18-7-11-24-52(42)58-53/h1-8,10-21,23-33H,9,22H2. The molecule has 4 nitrogen and oxygen atoms in total. The maximum atomic E-state index is 6.25. The lowest BCUT2D eigenvalue weighted by molar-refractivity contribution is 0.669. The molecule has 4 aromatic heterocycles. The molecule has 0 aliphatic heterocycles. The van der Waals surface area contributed by atoms with Gasteiger partial charge < -0.3 is 18.1 Å². The van der Waals surface area contributed by atoms with E-state index in [1.807, 2.05) is 12.1 Å². The van der Waals surface area contributed by atoms with Gasteiger partial charge in [-0.05, 0) is 97.3 Å². The van der Waals surface area contributed by atoms with Crippen LogP contribution in [0, 0.1) is 0 Å². The van der Waals surface area contributed by atoms with Gasteiger partial charge in [-0.25, -0.2) is 0 Å². The van der Waals surface area contributed by atoms with Gasteiger partial charge >= 0.3 is 0 Å². The van der Waals surface area contributed by atoms with Crippen LogP contribution in [0.1, 0.15) is 17.7 Å². The number of aromatic nitrogens is 3. The Morgan fingerprint density at radius 1 is 0.397 bits per heavy atom. The first-order valence-corrected chi connectivity index (χ1v) is 20.2. The molecule has 1 aliphatic carbocycles. The molecule has 1 aliphatic rings. The van der Waals surface area contributed by atoms with E-state index in [0.717, 1.165) is 51.7 Å². The summed E-state index contributed by atoms with van der Waals surface area (Å²) < 4.78 is 13.7. The van der Waals surface area contributed by atoms with E-state index in [1.165, 1.54) is 77.0 Å². The van der Waals surface area contributed by atoms with Crippen molar-refractivity contribution >= 4 is 82.5 Å². The molecule has 0 unspecified atom stereocenters. The first-order valence-electron chi connectivity index (χ1n) is 20.2. The largest absolute Gasteiger partial charge is 0.456 e. The van der Waals surface area contributed by atoms with E-state index in [9.17, 15) is 0 Å². The van der Waals surface area contributed by atoms with Gasteiger partial charge in [-0.1, -0.05) is 109 Å². The van der Waals surface area contributed by atoms with Gasteiger partial charge in [-0.3, -0.25) is 0 Å². The highest BCUT2D eigenvalue weighted by atomic mass is 16.3. The van der Waals surface area contributed by atoms with Crippen LogP contribution in [0.15, 0.2) is 186 Å². The zero-order valence-corrected chi connectivity index (χ0v) is 31.6. The Labute approximate surface area is 333 Å². The van der Waals surface area contributed by atoms with Crippen molar-refractivity contribution in [1.29, 1.82) is 0 Å². The van der Waals surface area contributed by atoms with Crippen molar-refractivity contribution in [3.8, 4) is 28.2 Å². The Kier molecular flexibility index (Phi) is 6.53. The van der Waals surface area contributed by atoms with Crippen molar-refractivity contribution in [3.63, 3.8) is 0 Å². The van der Waals surface area contributed by atoms with Gasteiger partial charge in [0.25, 0.3) is 0 Å². The topological polar surface area (TPSA) is 27.9 Å². The van der Waals surface area contributed by atoms with Crippen LogP contribution in [0.25, 0.3) is 111 Å². The third kappa shape index (κ3) is 4.40. The molecule has 0 bridgehead atoms. The highest BCUT2D eigenvalue weighted by molar-refractivity contribution is 6.16. The average Bonchev–Trinajstić information content (AvgIpc) is 4.02. The number of rotatable bonds is 4. The molecular weight excluding hydrogens is 707 g/mol. The van der Waals surface area contributed by atoms with Gasteiger partial charge in [0.05, 0.1) is 27.6 Å². The lowest BCUT2D eigenvalue weighted by Gasteiger charge is -2.14. The minimum absolute atomic E-state index is 0.905. The van der Waals surface area contributed by atoms with Crippen LogP contribution in [0.3, 0.4) is 0 Å². The van der Waals surface area contributed by atoms with Crippen LogP contribution < -0.4 is 0 Å². The summed E-state index contributed by atoms with van der Waals surface area (Å²) in [6.45, 7) is 0. The lowest BCUT2D eigenvalue weighted by Crippen LogP contribution is -2.03. The van der Waals surface area contributed by atoms with Gasteiger partial charge in [-0.15, -0.1) is 0 Å². The Bertz CT molecular complexity index is 3680. The maximum Gasteiger partial charge on any atom is 0.135 e. The Morgan fingerprint density at radius 2 is 1.03 bits per heavy atom. The molecule has 58 heavy (non-hydrogen) atoms. The number of benzene rings is 8. The summed E-state index contributed by atoms with van der Waals surface area (Å²) in [7, 11) is 0. The number of allylic oxidation sites excluding steroid dienone is 1. The first kappa shape index (κ1) is 31.6. The summed E-state index contributed by atoms with van der Waals surface area (Å²) in [4.78, 5) is 0. The smallest absolute Gasteiger partial charge is 0.135 e. The van der Waals surface area contributed by atoms with E-state index in [4.69, 9.17) is 4.42 Å². The summed E-state index contributed by atoms with van der Waals surface area (Å²) in [6, 6.07) is 64.3. The minimum Gasteiger partial charge on any atom is -0.456 e. The van der Waals surface area contributed by atoms with Gasteiger partial charge in [-0.2, -0.15) is 0 Å². The van der Waals surface area contributed by atoms with Gasteiger partial charge in [0.2, 0.25) is 0 Å². The van der Waals surface area contributed by atoms with E-state index >= 15 is 0 Å². The van der Waals surface area contributed by atoms with Crippen molar-refractivity contribution in [2.75, 3.05) is 0 Å². The predicted molar refractivity (Wildman–Crippen MR) is 242 cm³/mol. The zero-order valence-electron chi connectivity index (χ0n) is 31.6. The Morgan fingerprint density at radius 3 is 1.84 bits per heavy atom. The molecule has 4 heteroatoms. The number of furan rings is 1. The van der Waals surface area contributed by atoms with Crippen LogP contribution in [0.2, 0.25) is 0 Å². The minimum atomic E-state index is 0.905. The highest BCUT2D eigenvalue weighted by Crippen LogP contribution is 2.43. The quantitative estimate of drug-likeness (QED) is 0.176. The summed E-state index contributed by atoms with van der Waals surface area (Å²) in [5.74, 6) is 0. The Balaban J connectivity index is 1.09. The molecule has 13 rings (SSSR count). The van der Waals surface area contributed by atoms with Crippen LogP contribution in [0.4, 0.5) is 0 Å². The Hall–Kier alpha value is -7.56. The second kappa shape index (κ2) is 12.0. The molecule has 0 N–H and O–H groups in total. The summed E-state index contributed by atoms with van der Waals surface area (Å²) in [5, 5.41) is 8.50. The van der Waals surface area contributed by atoms with Gasteiger partial charge in [0, 0.05) is 71.6 Å². The van der Waals surface area contributed by atoms with Crippen molar-refractivity contribution in [3.05, 3.63) is 193 Å². The fraction of sp³-hybridized carbons (Fsp3) is 0.0370. The van der Waals surface area contributed by atoms with E-state index in [-0.39, 0.29) is 0 Å². The monoisotopic (exact) mass is 741 g/mol. The molecule has 0 amide bonds. The number of para-hydroxylation sites is 5. The van der Waals surface area contributed by atoms with Crippen LogP contribution in [-0.4, -0.2) is 13.7 Å². The van der Waals surface area contributed by atoms with Crippen LogP contribution in [-0.2, 0) is 6.42 Å². The molecular formula is C54H35N3O. The number of fused-ring (bicyclic) bond motifs is 12. The molecule has 4 heterocycles. The SMILES string of the molecule is C1=Cc2c(n(-c3ccc4c(c3)c3cc(-n5c6ccccc6c6cccc(-c7ccc8oc9ccccc9c8c7)c65)ccc3n4-c3ccccc3)c3ccccc23)CC1. The molecule has 0 atom stereocenters. The van der Waals surface area contributed by atoms with E-state index in [1.54, 1.807) is 0 Å². The highest BCUT2D eigenvalue weighted by Gasteiger charge is 2.22. The fourth-order valence-electron chi connectivity index (χ4n) is 10.0. The summed E-state index contributed by atoms with van der Waals surface area (Å²) >= 11 is 0. The van der Waals surface area contributed by atoms with E-state index in [2.05, 4.69) is 190 Å². The van der Waals surface area contributed by atoms with Gasteiger partial charge in [0.15, 0.2) is 0 Å². The molecule has 12 aromatic rings. The molecule has 272 valence electrons. The summed E-state index contributed by atoms with van der Waals surface area (Å²) in [5.41, 5.74) is 16.4. The third-order valence-electron chi connectivity index (χ3n) is 12.5. The fourth-order valence-corrected chi connectivity index (χ4v) is 10.0. The van der Waals surface area contributed by atoms with E-state index < -0.39 is 0 Å². The molecule has 0 radical (unpaired) electrons. The molecule has 0 saturated carbocycles. The van der Waals surface area contributed by atoms with Crippen molar-refractivity contribution in [2.45, 2.75) is 12.8 Å². The number of nitrogens with zero attached hydrogens (tertiary/aromatic N) is 3. The summed E-state index contributed by atoms with van der Waals surface area (Å²) in [6.07, 6.45) is 6.71. The predicted octanol–water partition coefficient (Wildman–Crippen LogP) is 14.4. The van der Waals surface area contributed by atoms with Crippen molar-refractivity contribution in [1.82, 2.24) is 13.7 Å². The lowest BCUT2D eigenvalue weighted by atomic mass is 10.00. The number of hydrogen-bond acceptors (Lipinski definition) is 1. The van der Waals surface area contributed by atoms with Crippen molar-refractivity contribution in [2.24, 2.45) is 0 Å². The van der Waals surface area contributed by atoms with Crippen LogP contribution in [0.5, 0.6) is 0 Å². The second-order valence-corrected chi connectivity index (χ2v) is 15.6. The van der Waals surface area contributed by atoms with Crippen LogP contribution >= 0.6 is 0 Å². The molecule has 8 aromatic carbocycles. The second-order valence-electron chi connectivity index (χ2n) is 15.6. The third-order valence-corrected chi connectivity index (χ3v) is 12.5. The average molecular weight is 742 g/mol. The molecule has 0 fully saturated rings. The molecule has 0 spiro atoms. The van der Waals surface area contributed by atoms with Crippen molar-refractivity contribution < 1.29 is 4.42 Å². The first-order chi connectivity index (χ1) is 28.8.